The standard InChI is InChI=1S/C20H25N5O3/c1-3-27-18-10-15(28-24-18)4-5-19(26)25-8-6-14(7-9-25)16-11-17-20(23-16)22-13(2)12-21-17/h10-12,14H,3-9H2,1-2H3,(H,22,23). The molecule has 0 bridgehead atoms. The lowest BCUT2D eigenvalue weighted by atomic mass is 9.93. The fourth-order valence-electron chi connectivity index (χ4n) is 3.68. The van der Waals surface area contributed by atoms with E-state index < -0.39 is 0 Å². The van der Waals surface area contributed by atoms with Crippen LogP contribution in [0.1, 0.15) is 49.3 Å². The van der Waals surface area contributed by atoms with Crippen molar-refractivity contribution in [3.05, 3.63) is 35.5 Å². The highest BCUT2D eigenvalue weighted by atomic mass is 16.5. The van der Waals surface area contributed by atoms with Gasteiger partial charge in [-0.3, -0.25) is 9.78 Å². The number of aromatic amines is 1. The van der Waals surface area contributed by atoms with Crippen LogP contribution in [0.3, 0.4) is 0 Å². The number of amides is 1. The van der Waals surface area contributed by atoms with Gasteiger partial charge in [0, 0.05) is 49.8 Å². The van der Waals surface area contributed by atoms with E-state index >= 15 is 0 Å². The first-order chi connectivity index (χ1) is 13.6. The van der Waals surface area contributed by atoms with Crippen molar-refractivity contribution in [2.75, 3.05) is 19.7 Å². The molecule has 3 aromatic heterocycles. The minimum atomic E-state index is 0.156. The van der Waals surface area contributed by atoms with Gasteiger partial charge in [-0.1, -0.05) is 0 Å². The fraction of sp³-hybridized carbons (Fsp3) is 0.500. The Kier molecular flexibility index (Phi) is 5.27. The second-order valence-corrected chi connectivity index (χ2v) is 7.19. The summed E-state index contributed by atoms with van der Waals surface area (Å²) < 4.78 is 10.5. The molecule has 0 radical (unpaired) electrons. The quantitative estimate of drug-likeness (QED) is 0.703. The van der Waals surface area contributed by atoms with Crippen LogP contribution in [0, 0.1) is 6.92 Å². The van der Waals surface area contributed by atoms with Crippen molar-refractivity contribution in [2.45, 2.75) is 45.4 Å². The molecule has 8 nitrogen and oxygen atoms in total. The third kappa shape index (κ3) is 4.00. The molecule has 0 saturated carbocycles. The number of nitrogens with one attached hydrogen (secondary N) is 1. The minimum Gasteiger partial charge on any atom is -0.476 e. The Bertz CT molecular complexity index is 956. The number of hydrogen-bond donors (Lipinski definition) is 1. The SMILES string of the molecule is CCOc1cc(CCC(=O)N2CCC(c3cc4ncc(C)nc4[nH]3)CC2)on1. The number of ether oxygens (including phenoxy) is 1. The second kappa shape index (κ2) is 8.00. The van der Waals surface area contributed by atoms with E-state index in [9.17, 15) is 4.79 Å². The molecule has 0 aliphatic carbocycles. The van der Waals surface area contributed by atoms with E-state index in [1.54, 1.807) is 12.3 Å². The highest BCUT2D eigenvalue weighted by Crippen LogP contribution is 2.29. The first-order valence-electron chi connectivity index (χ1n) is 9.81. The molecule has 1 fully saturated rings. The normalized spacial score (nSPS) is 15.3. The summed E-state index contributed by atoms with van der Waals surface area (Å²) in [6.45, 7) is 5.90. The molecule has 28 heavy (non-hydrogen) atoms. The molecule has 1 amide bonds. The van der Waals surface area contributed by atoms with Gasteiger partial charge >= 0.3 is 0 Å². The lowest BCUT2D eigenvalue weighted by Crippen LogP contribution is -2.38. The highest BCUT2D eigenvalue weighted by molar-refractivity contribution is 5.76. The van der Waals surface area contributed by atoms with Crippen molar-refractivity contribution in [1.29, 1.82) is 0 Å². The van der Waals surface area contributed by atoms with E-state index in [4.69, 9.17) is 9.26 Å². The van der Waals surface area contributed by atoms with E-state index in [1.807, 2.05) is 18.7 Å². The third-order valence-corrected chi connectivity index (χ3v) is 5.18. The van der Waals surface area contributed by atoms with Gasteiger partial charge in [0.25, 0.3) is 5.88 Å². The van der Waals surface area contributed by atoms with Gasteiger partial charge in [0.05, 0.1) is 12.3 Å². The van der Waals surface area contributed by atoms with Crippen LogP contribution >= 0.6 is 0 Å². The zero-order valence-corrected chi connectivity index (χ0v) is 16.3. The molecule has 0 aromatic carbocycles. The maximum absolute atomic E-state index is 12.5. The number of hydrogen-bond acceptors (Lipinski definition) is 6. The van der Waals surface area contributed by atoms with E-state index in [0.29, 0.717) is 37.0 Å². The lowest BCUT2D eigenvalue weighted by molar-refractivity contribution is -0.132. The maximum Gasteiger partial charge on any atom is 0.254 e. The second-order valence-electron chi connectivity index (χ2n) is 7.19. The molecule has 1 aliphatic heterocycles. The monoisotopic (exact) mass is 383 g/mol. The molecule has 4 rings (SSSR count). The van der Waals surface area contributed by atoms with Crippen LogP contribution in [0.5, 0.6) is 5.88 Å². The Hall–Kier alpha value is -2.90. The van der Waals surface area contributed by atoms with Crippen LogP contribution in [0.25, 0.3) is 11.2 Å². The summed E-state index contributed by atoms with van der Waals surface area (Å²) in [5.74, 6) is 1.72. The molecule has 1 N–H and O–H groups in total. The number of piperidine rings is 1. The van der Waals surface area contributed by atoms with Gasteiger partial charge in [0.2, 0.25) is 5.91 Å². The predicted octanol–water partition coefficient (Wildman–Crippen LogP) is 2.99. The molecule has 148 valence electrons. The summed E-state index contributed by atoms with van der Waals surface area (Å²) in [5, 5.41) is 3.83. The van der Waals surface area contributed by atoms with Crippen LogP contribution < -0.4 is 4.74 Å². The number of carbonyl (C=O) groups excluding carboxylic acids is 1. The summed E-state index contributed by atoms with van der Waals surface area (Å²) in [6, 6.07) is 3.84. The number of rotatable bonds is 6. The van der Waals surface area contributed by atoms with Gasteiger partial charge < -0.3 is 19.1 Å². The van der Waals surface area contributed by atoms with Crippen LogP contribution in [-0.4, -0.2) is 50.6 Å². The van der Waals surface area contributed by atoms with E-state index in [0.717, 1.165) is 48.5 Å². The fourth-order valence-corrected chi connectivity index (χ4v) is 3.68. The topological polar surface area (TPSA) is 97.1 Å². The molecule has 4 heterocycles. The first-order valence-corrected chi connectivity index (χ1v) is 9.81. The highest BCUT2D eigenvalue weighted by Gasteiger charge is 2.25. The van der Waals surface area contributed by atoms with E-state index in [1.165, 1.54) is 0 Å². The van der Waals surface area contributed by atoms with Gasteiger partial charge in [-0.15, -0.1) is 0 Å². The maximum atomic E-state index is 12.5. The third-order valence-electron chi connectivity index (χ3n) is 5.18. The number of H-pyrrole nitrogens is 1. The molecule has 1 aliphatic rings. The Morgan fingerprint density at radius 1 is 1.36 bits per heavy atom. The Labute approximate surface area is 163 Å². The summed E-state index contributed by atoms with van der Waals surface area (Å²) in [6.07, 6.45) is 4.62. The number of aromatic nitrogens is 4. The molecular formula is C20H25N5O3. The van der Waals surface area contributed by atoms with Gasteiger partial charge in [0.1, 0.15) is 11.3 Å². The molecule has 0 atom stereocenters. The van der Waals surface area contributed by atoms with Crippen LogP contribution in [-0.2, 0) is 11.2 Å². The number of carbonyl (C=O) groups is 1. The number of likely N-dealkylation sites (tertiary alicyclic amines) is 1. The zero-order valence-electron chi connectivity index (χ0n) is 16.3. The molecule has 0 spiro atoms. The molecule has 1 saturated heterocycles. The van der Waals surface area contributed by atoms with E-state index in [-0.39, 0.29) is 5.91 Å². The minimum absolute atomic E-state index is 0.156. The van der Waals surface area contributed by atoms with Crippen molar-refractivity contribution < 1.29 is 14.1 Å². The molecule has 3 aromatic rings. The van der Waals surface area contributed by atoms with Crippen molar-refractivity contribution >= 4 is 17.1 Å². The Morgan fingerprint density at radius 3 is 2.96 bits per heavy atom. The number of nitrogens with zero attached hydrogens (tertiary/aromatic N) is 4. The summed E-state index contributed by atoms with van der Waals surface area (Å²) >= 11 is 0. The Morgan fingerprint density at radius 2 is 2.18 bits per heavy atom. The number of fused-ring (bicyclic) bond motifs is 1. The zero-order chi connectivity index (χ0) is 19.5. The summed E-state index contributed by atoms with van der Waals surface area (Å²) in [4.78, 5) is 26.8. The summed E-state index contributed by atoms with van der Waals surface area (Å²) in [7, 11) is 0. The van der Waals surface area contributed by atoms with Crippen LogP contribution in [0.15, 0.2) is 22.9 Å². The van der Waals surface area contributed by atoms with Crippen molar-refractivity contribution in [3.63, 3.8) is 0 Å². The predicted molar refractivity (Wildman–Crippen MR) is 103 cm³/mol. The summed E-state index contributed by atoms with van der Waals surface area (Å²) in [5.41, 5.74) is 3.81. The number of aryl methyl sites for hydroxylation is 2. The average Bonchev–Trinajstić information content (AvgIpc) is 3.33. The Balaban J connectivity index is 1.29. The average molecular weight is 383 g/mol. The van der Waals surface area contributed by atoms with E-state index in [2.05, 4.69) is 26.2 Å². The van der Waals surface area contributed by atoms with Gasteiger partial charge in [-0.2, -0.15) is 0 Å². The van der Waals surface area contributed by atoms with Gasteiger partial charge in [-0.05, 0) is 37.9 Å². The van der Waals surface area contributed by atoms with Crippen LogP contribution in [0.2, 0.25) is 0 Å². The molecule has 8 heteroatoms. The largest absolute Gasteiger partial charge is 0.476 e. The lowest BCUT2D eigenvalue weighted by Gasteiger charge is -2.31. The van der Waals surface area contributed by atoms with Crippen molar-refractivity contribution in [2.24, 2.45) is 0 Å². The van der Waals surface area contributed by atoms with Crippen LogP contribution in [0.4, 0.5) is 0 Å². The van der Waals surface area contributed by atoms with Crippen molar-refractivity contribution in [1.82, 2.24) is 25.0 Å². The van der Waals surface area contributed by atoms with Gasteiger partial charge in [-0.25, -0.2) is 4.98 Å². The smallest absolute Gasteiger partial charge is 0.254 e. The van der Waals surface area contributed by atoms with Crippen molar-refractivity contribution in [3.8, 4) is 5.88 Å². The first kappa shape index (κ1) is 18.5. The molecular weight excluding hydrogens is 358 g/mol. The van der Waals surface area contributed by atoms with Gasteiger partial charge in [0.15, 0.2) is 5.65 Å². The molecule has 0 unspecified atom stereocenters.